The molecule has 0 spiro atoms. The highest BCUT2D eigenvalue weighted by atomic mass is 19.1. The summed E-state index contributed by atoms with van der Waals surface area (Å²) in [7, 11) is 0. The van der Waals surface area contributed by atoms with Crippen LogP contribution < -0.4 is 44.1 Å². The highest BCUT2D eigenvalue weighted by molar-refractivity contribution is 6.21. The van der Waals surface area contributed by atoms with Gasteiger partial charge in [0.1, 0.15) is 53.2 Å². The maximum Gasteiger partial charge on any atom is 0.414 e. The van der Waals surface area contributed by atoms with Crippen LogP contribution in [0.3, 0.4) is 0 Å². The smallest absolute Gasteiger partial charge is 0.414 e. The van der Waals surface area contributed by atoms with E-state index in [1.54, 1.807) is 56.3 Å². The Balaban J connectivity index is 0.000000156. The molecule has 7 aromatic rings. The molecule has 17 rings (SSSR count). The molecular weight excluding hydrogens is 1560 g/mol. The molecule has 120 heavy (non-hydrogen) atoms. The summed E-state index contributed by atoms with van der Waals surface area (Å²) < 4.78 is 313. The summed E-state index contributed by atoms with van der Waals surface area (Å²) in [6.45, 7) is -20.0. The van der Waals surface area contributed by atoms with Crippen LogP contribution in [-0.2, 0) is 49.1 Å². The van der Waals surface area contributed by atoms with Crippen molar-refractivity contribution in [3.05, 3.63) is 196 Å². The second-order valence-electron chi connectivity index (χ2n) is 28.1. The van der Waals surface area contributed by atoms with Gasteiger partial charge in [0, 0.05) is 78.5 Å². The normalized spacial score (nSPS) is 28.1. The predicted molar refractivity (Wildman–Crippen MR) is 446 cm³/mol. The van der Waals surface area contributed by atoms with Crippen LogP contribution in [0.2, 0.25) is 0 Å². The van der Waals surface area contributed by atoms with Gasteiger partial charge in [-0.25, -0.2) is 40.7 Å². The minimum atomic E-state index is -2.32. The van der Waals surface area contributed by atoms with Crippen molar-refractivity contribution in [3.63, 3.8) is 0 Å². The van der Waals surface area contributed by atoms with Gasteiger partial charge >= 0.3 is 18.3 Å². The summed E-state index contributed by atoms with van der Waals surface area (Å²) in [5.74, 6) is -4.56. The SMILES string of the molecule is [2H]C1([2H])CN(c2ccc(C)cc2F)CC([2H])([2H])O1.[2H]C1([2H])CN(c2ccc(C)cc2F)CC([2H])([2H])O1.[2H]C1([2H])CN(c2ccc(CC[C@@H](O)CC)cc2F)CC([2H])([2H])O1.[2H]C1([2H])CN(c2ccc(N3C[C@H](CC)OC3=O)cc2F)CC([2H])([2H])O1.[2H]C1([2H])CN(c2ccc(N3C[C@H](CC)OC3=O)cc2F)CC([2H])([2H])O1.[2H]C1([2H])CN(c2ccc(N3C[C@H](CN4C(=O)c5ccccc5C4=O)OC3=O)cc2F)CC([2H])([2H])O1. The number of carbonyl (C=O) groups excluding carboxylic acids is 5. The Bertz CT molecular complexity index is 5520. The lowest BCUT2D eigenvalue weighted by Gasteiger charge is -2.29. The molecule has 10 aliphatic rings. The first kappa shape index (κ1) is 61.8. The fourth-order valence-electron chi connectivity index (χ4n) is 13.3. The number of aliphatic hydroxyl groups excluding tert-OH is 1. The first-order valence-corrected chi connectivity index (χ1v) is 38.6. The van der Waals surface area contributed by atoms with Crippen LogP contribution in [-0.4, -0.2) is 248 Å². The van der Waals surface area contributed by atoms with Crippen molar-refractivity contribution < 1.29 is 131 Å². The molecule has 7 aromatic carbocycles. The van der Waals surface area contributed by atoms with Gasteiger partial charge in [-0.1, -0.05) is 51.1 Å². The molecule has 0 aliphatic carbocycles. The molecule has 10 aliphatic heterocycles. The Morgan fingerprint density at radius 2 is 0.650 bits per heavy atom. The Labute approximate surface area is 730 Å². The Morgan fingerprint density at radius 3 is 0.925 bits per heavy atom. The van der Waals surface area contributed by atoms with Crippen molar-refractivity contribution in [2.24, 2.45) is 0 Å². The molecule has 646 valence electrons. The average molecular weight is 1700 g/mol. The van der Waals surface area contributed by atoms with Crippen LogP contribution in [0.5, 0.6) is 0 Å². The first-order chi connectivity index (χ1) is 66.6. The third-order valence-corrected chi connectivity index (χ3v) is 20.0. The lowest BCUT2D eigenvalue weighted by molar-refractivity contribution is 0.0558. The number of aliphatic hydroxyl groups is 1. The molecule has 1 N–H and O–H groups in total. The van der Waals surface area contributed by atoms with Gasteiger partial charge in [-0.3, -0.25) is 29.2 Å². The van der Waals surface area contributed by atoms with Crippen molar-refractivity contribution in [2.45, 2.75) is 91.1 Å². The van der Waals surface area contributed by atoms with E-state index < -0.39 is 156 Å². The minimum absolute atomic E-state index is 0.0202. The number of carbonyl (C=O) groups is 5. The van der Waals surface area contributed by atoms with Gasteiger partial charge in [0.2, 0.25) is 0 Å². The number of hydrogen-bond acceptors (Lipinski definition) is 21. The van der Waals surface area contributed by atoms with Crippen molar-refractivity contribution in [3.8, 4) is 0 Å². The van der Waals surface area contributed by atoms with E-state index in [1.165, 1.54) is 129 Å². The molecule has 5 amide bonds. The molecule has 9 fully saturated rings. The molecule has 0 saturated carbocycles. The van der Waals surface area contributed by atoms with Gasteiger partial charge in [0.15, 0.2) is 0 Å². The first-order valence-electron chi connectivity index (χ1n) is 50.6. The number of imide groups is 1. The summed E-state index contributed by atoms with van der Waals surface area (Å²) in [6, 6.07) is 32.3. The highest BCUT2D eigenvalue weighted by Crippen LogP contribution is 2.35. The number of ether oxygens (including phenoxy) is 9. The molecule has 0 bridgehead atoms. The quantitative estimate of drug-likeness (QED) is 0.0508. The van der Waals surface area contributed by atoms with Crippen LogP contribution in [0.1, 0.15) is 117 Å². The molecule has 9 saturated heterocycles. The van der Waals surface area contributed by atoms with E-state index in [4.69, 9.17) is 66.1 Å². The predicted octanol–water partition coefficient (Wildman–Crippen LogP) is 13.4. The van der Waals surface area contributed by atoms with E-state index in [2.05, 4.69) is 9.47 Å². The van der Waals surface area contributed by atoms with E-state index in [0.717, 1.165) is 27.7 Å². The lowest BCUT2D eigenvalue weighted by atomic mass is 10.0. The van der Waals surface area contributed by atoms with E-state index in [1.807, 2.05) is 20.8 Å². The van der Waals surface area contributed by atoms with Crippen LogP contribution in [0.4, 0.5) is 91.9 Å². The highest BCUT2D eigenvalue weighted by Gasteiger charge is 2.42. The number of aryl methyl sites for hydroxylation is 3. The molecule has 31 heteroatoms. The number of cyclic esters (lactones) is 3. The number of halogens is 6. The number of hydrogen-bond donors (Lipinski definition) is 1. The Hall–Kier alpha value is -10.4. The molecule has 10 heterocycles. The molecular formula is C89H108F6N10O15. The summed E-state index contributed by atoms with van der Waals surface area (Å²) in [6.07, 6.45) is -0.408. The van der Waals surface area contributed by atoms with Crippen LogP contribution >= 0.6 is 0 Å². The molecule has 0 aromatic heterocycles. The third-order valence-electron chi connectivity index (χ3n) is 20.0. The van der Waals surface area contributed by atoms with E-state index in [0.29, 0.717) is 56.6 Å². The zero-order valence-corrected chi connectivity index (χ0v) is 66.3. The van der Waals surface area contributed by atoms with Crippen LogP contribution in [0.25, 0.3) is 0 Å². The maximum atomic E-state index is 15.0. The van der Waals surface area contributed by atoms with E-state index in [9.17, 15) is 55.4 Å². The standard InChI is InChI=1S/C22H20FN3O5.2C15H19FN2O3.C15H22FNO2.2C11H14FNO/c23-18-11-14(5-6-19(18)24-7-9-30-10-8-24)25-12-15(31-22(25)29)13-26-20(27)16-3-1-2-4-17(16)21(26)28;2*1-2-12-10-18(15(19)21-12)11-3-4-14(13(16)9-11)17-5-7-20-8-6-17;1-2-13(18)5-3-12-4-6-15(14(16)11-12)17-7-9-19-10-8-17;2*1-9-2-3-11(10(12)8-9)13-4-6-14-7-5-13/h1-6,11,15H,7-10,12-13H2;2*3-4,9,12H,2,5-8,10H2,1H3;4,6,11,13,18H,2-3,5,7-10H2,1H3;2*2-3,8H,4-7H2,1H3/t15-;2*12-;13-;;/m1000../s1/i9D2,10D2;2*7D2,8D2;9D2,10D2;2*6D2,7D2. The van der Waals surface area contributed by atoms with Gasteiger partial charge in [0.05, 0.1) is 206 Å². The zero-order chi connectivity index (χ0) is 106. The Morgan fingerprint density at radius 1 is 0.375 bits per heavy atom. The number of anilines is 9. The second kappa shape index (κ2) is 43.2. The fraction of sp³-hybridized carbons (Fsp3) is 0.472. The number of nitrogens with zero attached hydrogens (tertiary/aromatic N) is 10. The lowest BCUT2D eigenvalue weighted by Crippen LogP contribution is -2.38. The number of rotatable bonds is 17. The number of fused-ring (bicyclic) bond motifs is 1. The number of amides is 5. The van der Waals surface area contributed by atoms with Gasteiger partial charge in [0.25, 0.3) is 11.8 Å². The number of morpholine rings is 6. The Kier molecular flexibility index (Phi) is 22.2. The van der Waals surface area contributed by atoms with Gasteiger partial charge in [-0.2, -0.15) is 0 Å². The molecule has 4 atom stereocenters. The van der Waals surface area contributed by atoms with Gasteiger partial charge in [-0.05, 0) is 166 Å². The van der Waals surface area contributed by atoms with Crippen LogP contribution in [0, 0.1) is 48.8 Å². The minimum Gasteiger partial charge on any atom is -0.444 e. The van der Waals surface area contributed by atoms with Gasteiger partial charge < -0.3 is 77.1 Å². The topological polar surface area (TPSA) is 221 Å². The number of benzene rings is 7. The largest absolute Gasteiger partial charge is 0.444 e. The van der Waals surface area contributed by atoms with Crippen molar-refractivity contribution in [1.82, 2.24) is 4.90 Å². The van der Waals surface area contributed by atoms with Crippen molar-refractivity contribution >= 4 is 81.3 Å². The molecule has 0 radical (unpaired) electrons. The van der Waals surface area contributed by atoms with E-state index >= 15 is 0 Å². The molecule has 0 unspecified atom stereocenters. The third kappa shape index (κ3) is 23.2. The van der Waals surface area contributed by atoms with Crippen molar-refractivity contribution in [1.29, 1.82) is 0 Å². The maximum absolute atomic E-state index is 15.0. The fourth-order valence-corrected chi connectivity index (χ4v) is 13.3. The average Bonchev–Trinajstić information content (AvgIpc) is 1.52. The van der Waals surface area contributed by atoms with Crippen molar-refractivity contribution in [2.75, 3.05) is 228 Å². The van der Waals surface area contributed by atoms with E-state index in [-0.39, 0.29) is 155 Å². The monoisotopic (exact) mass is 1690 g/mol. The second-order valence-corrected chi connectivity index (χ2v) is 28.1. The summed E-state index contributed by atoms with van der Waals surface area (Å²) in [5.41, 5.74) is 4.31. The zero-order valence-electron chi connectivity index (χ0n) is 90.3. The summed E-state index contributed by atoms with van der Waals surface area (Å²) in [4.78, 5) is 74.0. The molecule has 25 nitrogen and oxygen atoms in total. The summed E-state index contributed by atoms with van der Waals surface area (Å²) >= 11 is 0. The summed E-state index contributed by atoms with van der Waals surface area (Å²) in [5, 5.41) is 9.56. The van der Waals surface area contributed by atoms with Crippen LogP contribution in [0.15, 0.2) is 133 Å². The van der Waals surface area contributed by atoms with Gasteiger partial charge in [-0.15, -0.1) is 0 Å².